The van der Waals surface area contributed by atoms with E-state index < -0.39 is 0 Å². The number of hydrogen-bond donors (Lipinski definition) is 2. The second kappa shape index (κ2) is 5.20. The molecule has 23 heavy (non-hydrogen) atoms. The van der Waals surface area contributed by atoms with Gasteiger partial charge in [0.05, 0.1) is 16.7 Å². The maximum absolute atomic E-state index is 6.46. The first kappa shape index (κ1) is 14.0. The molecule has 4 rings (SSSR count). The molecule has 0 saturated heterocycles. The SMILES string of the molecule is CC(C)n1ncc2cc(Nc3[nH]nc4nccnc34)cc(Cl)c21. The molecule has 7 nitrogen and oxygen atoms in total. The van der Waals surface area contributed by atoms with Gasteiger partial charge in [0.1, 0.15) is 0 Å². The van der Waals surface area contributed by atoms with Gasteiger partial charge < -0.3 is 5.32 Å². The molecule has 0 radical (unpaired) electrons. The maximum Gasteiger partial charge on any atom is 0.201 e. The summed E-state index contributed by atoms with van der Waals surface area (Å²) in [7, 11) is 0. The Morgan fingerprint density at radius 3 is 2.87 bits per heavy atom. The van der Waals surface area contributed by atoms with Gasteiger partial charge in [-0.25, -0.2) is 9.97 Å². The minimum absolute atomic E-state index is 0.246. The van der Waals surface area contributed by atoms with Crippen LogP contribution in [0.3, 0.4) is 0 Å². The average Bonchev–Trinajstić information content (AvgIpc) is 3.12. The van der Waals surface area contributed by atoms with E-state index in [0.717, 1.165) is 16.6 Å². The molecule has 3 heterocycles. The Morgan fingerprint density at radius 2 is 2.04 bits per heavy atom. The third kappa shape index (κ3) is 2.29. The molecule has 0 unspecified atom stereocenters. The molecule has 0 saturated carbocycles. The first-order valence-corrected chi connectivity index (χ1v) is 7.60. The molecule has 8 heteroatoms. The van der Waals surface area contributed by atoms with Crippen molar-refractivity contribution in [1.29, 1.82) is 0 Å². The molecule has 3 aromatic heterocycles. The lowest BCUT2D eigenvalue weighted by atomic mass is 10.2. The van der Waals surface area contributed by atoms with E-state index >= 15 is 0 Å². The van der Waals surface area contributed by atoms with E-state index in [4.69, 9.17) is 11.6 Å². The normalized spacial score (nSPS) is 11.7. The first-order valence-electron chi connectivity index (χ1n) is 7.22. The number of anilines is 2. The number of H-pyrrole nitrogens is 1. The van der Waals surface area contributed by atoms with Crippen molar-refractivity contribution >= 4 is 45.2 Å². The predicted octanol–water partition coefficient (Wildman–Crippen LogP) is 3.68. The van der Waals surface area contributed by atoms with Crippen LogP contribution in [0.4, 0.5) is 11.5 Å². The van der Waals surface area contributed by atoms with Gasteiger partial charge in [0.15, 0.2) is 11.3 Å². The predicted molar refractivity (Wildman–Crippen MR) is 90.1 cm³/mol. The largest absolute Gasteiger partial charge is 0.339 e. The quantitative estimate of drug-likeness (QED) is 0.599. The number of hydrogen-bond acceptors (Lipinski definition) is 5. The Labute approximate surface area is 136 Å². The van der Waals surface area contributed by atoms with E-state index in [-0.39, 0.29) is 6.04 Å². The third-order valence-electron chi connectivity index (χ3n) is 3.59. The van der Waals surface area contributed by atoms with Crippen LogP contribution < -0.4 is 5.32 Å². The number of aromatic nitrogens is 6. The van der Waals surface area contributed by atoms with Gasteiger partial charge in [-0.3, -0.25) is 9.78 Å². The van der Waals surface area contributed by atoms with Crippen LogP contribution in [0.25, 0.3) is 22.1 Å². The summed E-state index contributed by atoms with van der Waals surface area (Å²) < 4.78 is 1.92. The van der Waals surface area contributed by atoms with E-state index in [2.05, 4.69) is 44.4 Å². The van der Waals surface area contributed by atoms with E-state index in [0.29, 0.717) is 22.0 Å². The lowest BCUT2D eigenvalue weighted by Crippen LogP contribution is -2.02. The van der Waals surface area contributed by atoms with Crippen LogP contribution in [0.1, 0.15) is 19.9 Å². The molecule has 0 aliphatic rings. The molecule has 116 valence electrons. The summed E-state index contributed by atoms with van der Waals surface area (Å²) in [5.74, 6) is 0.680. The third-order valence-corrected chi connectivity index (χ3v) is 3.88. The van der Waals surface area contributed by atoms with Crippen LogP contribution in [0, 0.1) is 0 Å². The number of fused-ring (bicyclic) bond motifs is 2. The molecular formula is C15H14ClN7. The number of rotatable bonds is 3. The van der Waals surface area contributed by atoms with Gasteiger partial charge in [0.25, 0.3) is 0 Å². The Hall–Kier alpha value is -2.67. The highest BCUT2D eigenvalue weighted by Crippen LogP contribution is 2.31. The molecule has 0 fully saturated rings. The van der Waals surface area contributed by atoms with Crippen LogP contribution in [0.2, 0.25) is 5.02 Å². The van der Waals surface area contributed by atoms with E-state index in [1.807, 2.05) is 23.0 Å². The lowest BCUT2D eigenvalue weighted by Gasteiger charge is -2.10. The van der Waals surface area contributed by atoms with Gasteiger partial charge in [0.2, 0.25) is 5.65 Å². The molecular weight excluding hydrogens is 314 g/mol. The zero-order chi connectivity index (χ0) is 16.0. The van der Waals surface area contributed by atoms with Crippen LogP contribution in [0.5, 0.6) is 0 Å². The van der Waals surface area contributed by atoms with Gasteiger partial charge in [-0.05, 0) is 26.0 Å². The summed E-state index contributed by atoms with van der Waals surface area (Å²) in [4.78, 5) is 8.43. The molecule has 0 atom stereocenters. The van der Waals surface area contributed by atoms with Gasteiger partial charge in [-0.2, -0.15) is 10.2 Å². The van der Waals surface area contributed by atoms with Gasteiger partial charge >= 0.3 is 0 Å². The Morgan fingerprint density at radius 1 is 1.22 bits per heavy atom. The van der Waals surface area contributed by atoms with Crippen molar-refractivity contribution in [3.63, 3.8) is 0 Å². The van der Waals surface area contributed by atoms with Crippen LogP contribution in [-0.2, 0) is 0 Å². The summed E-state index contributed by atoms with van der Waals surface area (Å²) in [6.45, 7) is 4.15. The fraction of sp³-hybridized carbons (Fsp3) is 0.200. The Bertz CT molecular complexity index is 1000. The molecule has 0 spiro atoms. The summed E-state index contributed by atoms with van der Waals surface area (Å²) in [5, 5.41) is 16.3. The molecule has 4 aromatic rings. The number of benzene rings is 1. The van der Waals surface area contributed by atoms with E-state index in [1.165, 1.54) is 0 Å². The minimum atomic E-state index is 0.246. The standard InChI is InChI=1S/C15H14ClN7/c1-8(2)23-13-9(7-19-23)5-10(6-11(13)16)20-15-12-14(21-22-15)18-4-3-17-12/h3-8H,1-2H3,(H2,18,20,21,22). The minimum Gasteiger partial charge on any atom is -0.339 e. The first-order chi connectivity index (χ1) is 11.1. The Balaban J connectivity index is 1.78. The van der Waals surface area contributed by atoms with Crippen LogP contribution >= 0.6 is 11.6 Å². The Kier molecular flexibility index (Phi) is 3.16. The summed E-state index contributed by atoms with van der Waals surface area (Å²) in [6.07, 6.45) is 5.05. The summed E-state index contributed by atoms with van der Waals surface area (Å²) >= 11 is 6.46. The van der Waals surface area contributed by atoms with Crippen molar-refractivity contribution < 1.29 is 0 Å². The molecule has 0 bridgehead atoms. The van der Waals surface area contributed by atoms with Crippen molar-refractivity contribution in [3.8, 4) is 0 Å². The zero-order valence-corrected chi connectivity index (χ0v) is 13.3. The summed E-state index contributed by atoms with van der Waals surface area (Å²) in [5.41, 5.74) is 3.01. The van der Waals surface area contributed by atoms with Crippen molar-refractivity contribution in [2.24, 2.45) is 0 Å². The molecule has 0 amide bonds. The highest BCUT2D eigenvalue weighted by molar-refractivity contribution is 6.35. The molecule has 1 aromatic carbocycles. The molecule has 0 aliphatic carbocycles. The smallest absolute Gasteiger partial charge is 0.201 e. The topological polar surface area (TPSA) is 84.3 Å². The second-order valence-electron chi connectivity index (χ2n) is 5.53. The zero-order valence-electron chi connectivity index (χ0n) is 12.6. The fourth-order valence-electron chi connectivity index (χ4n) is 2.59. The highest BCUT2D eigenvalue weighted by Gasteiger charge is 2.13. The number of halogens is 1. The van der Waals surface area contributed by atoms with Crippen molar-refractivity contribution in [2.75, 3.05) is 5.32 Å². The van der Waals surface area contributed by atoms with E-state index in [1.54, 1.807) is 12.4 Å². The van der Waals surface area contributed by atoms with E-state index in [9.17, 15) is 0 Å². The van der Waals surface area contributed by atoms with Crippen molar-refractivity contribution in [3.05, 3.63) is 35.7 Å². The van der Waals surface area contributed by atoms with Crippen molar-refractivity contribution in [2.45, 2.75) is 19.9 Å². The average molecular weight is 328 g/mol. The number of aromatic amines is 1. The monoisotopic (exact) mass is 327 g/mol. The number of nitrogens with zero attached hydrogens (tertiary/aromatic N) is 5. The van der Waals surface area contributed by atoms with Gasteiger partial charge in [-0.15, -0.1) is 0 Å². The summed E-state index contributed by atoms with van der Waals surface area (Å²) in [6, 6.07) is 4.11. The fourth-order valence-corrected chi connectivity index (χ4v) is 2.90. The van der Waals surface area contributed by atoms with Crippen LogP contribution in [-0.4, -0.2) is 29.9 Å². The lowest BCUT2D eigenvalue weighted by molar-refractivity contribution is 0.551. The maximum atomic E-state index is 6.46. The number of nitrogens with one attached hydrogen (secondary N) is 2. The van der Waals surface area contributed by atoms with Gasteiger partial charge in [-0.1, -0.05) is 11.6 Å². The second-order valence-corrected chi connectivity index (χ2v) is 5.94. The van der Waals surface area contributed by atoms with Gasteiger partial charge in [0, 0.05) is 29.5 Å². The highest BCUT2D eigenvalue weighted by atomic mass is 35.5. The van der Waals surface area contributed by atoms with Crippen LogP contribution in [0.15, 0.2) is 30.7 Å². The molecule has 0 aliphatic heterocycles. The van der Waals surface area contributed by atoms with Crippen molar-refractivity contribution in [1.82, 2.24) is 29.9 Å². The molecule has 2 N–H and O–H groups in total.